The fourth-order valence-electron chi connectivity index (χ4n) is 19.5. The monoisotopic (exact) mass is 1440 g/mol. The van der Waals surface area contributed by atoms with Gasteiger partial charge < -0.3 is 18.3 Å². The standard InChI is InChI=1S/C58H36N2.C52H32N2/c1-2-14-43(15-3-1)60-53-20-10-8-18-47(53)49-31-27-41(36-56(49)60)40-28-33-55-52(34-40)48-19-9-11-21-54(48)59(55)44-29-24-39(25-30-44)51-35-42-23-22-37-12-4-6-16-45(37)57(42)58-46-17-7-5-13-38(46)26-32-50(51)58;1-2-13-36(14-3-1)53-48-22-8-6-18-41(48)43-26-24-34(32-51(43)53)33-25-29-50-47(31-33)42-19-7-9-23-49(42)54(50)37-15-10-12-35(30-37)38-27-28-46-40-17-5-4-16-39(40)45-21-11-20-44(38)52(45)46/h1-36H;1-32H. The highest BCUT2D eigenvalue weighted by Gasteiger charge is 2.25. The van der Waals surface area contributed by atoms with E-state index in [0.717, 1.165) is 11.4 Å². The number of hydrogen-bond acceptors (Lipinski definition) is 0. The van der Waals surface area contributed by atoms with Crippen LogP contribution in [0.15, 0.2) is 413 Å². The van der Waals surface area contributed by atoms with Crippen LogP contribution < -0.4 is 0 Å². The third kappa shape index (κ3) is 9.71. The molecule has 0 bridgehead atoms. The number of para-hydroxylation sites is 6. The summed E-state index contributed by atoms with van der Waals surface area (Å²) in [6.07, 6.45) is 0. The first-order valence-electron chi connectivity index (χ1n) is 39.4. The van der Waals surface area contributed by atoms with Gasteiger partial charge in [0, 0.05) is 65.8 Å². The highest BCUT2D eigenvalue weighted by molar-refractivity contribution is 6.30. The van der Waals surface area contributed by atoms with Crippen LogP contribution in [0.1, 0.15) is 0 Å². The summed E-state index contributed by atoms with van der Waals surface area (Å²) in [7, 11) is 0. The van der Waals surface area contributed by atoms with Gasteiger partial charge in [-0.25, -0.2) is 0 Å². The van der Waals surface area contributed by atoms with Crippen molar-refractivity contribution in [3.8, 4) is 89.5 Å². The second kappa shape index (κ2) is 25.2. The van der Waals surface area contributed by atoms with Gasteiger partial charge in [-0.2, -0.15) is 0 Å². The molecule has 0 spiro atoms. The van der Waals surface area contributed by atoms with Crippen molar-refractivity contribution in [2.24, 2.45) is 0 Å². The first-order chi connectivity index (χ1) is 56.6. The molecule has 25 rings (SSSR count). The van der Waals surface area contributed by atoms with Gasteiger partial charge in [-0.3, -0.25) is 0 Å². The van der Waals surface area contributed by atoms with Crippen LogP contribution in [0.4, 0.5) is 0 Å². The SMILES string of the molecule is c1ccc(-n2c3ccccc3c3ccc(-c4ccc5c(c4)c4ccccc4n5-c4ccc(-c5cc6ccc7ccccc7c6c6c5ccc5ccccc56)cc4)cc32)cc1.c1ccc(-n2c3ccccc3c3ccc(-c4ccc5c(c4)c4ccccc4n5-c4cccc(-c5ccc6c7c(cccc57)-c5ccccc5-6)c4)cc32)cc1. The molecule has 114 heavy (non-hydrogen) atoms. The van der Waals surface area contributed by atoms with Crippen LogP contribution in [-0.2, 0) is 0 Å². The largest absolute Gasteiger partial charge is 0.309 e. The Balaban J connectivity index is 0.000000132. The minimum absolute atomic E-state index is 1.15. The van der Waals surface area contributed by atoms with E-state index in [0.29, 0.717) is 0 Å². The van der Waals surface area contributed by atoms with E-state index in [9.17, 15) is 0 Å². The normalized spacial score (nSPS) is 12.0. The highest BCUT2D eigenvalue weighted by Crippen LogP contribution is 2.51. The van der Waals surface area contributed by atoms with Crippen molar-refractivity contribution in [1.29, 1.82) is 0 Å². The van der Waals surface area contributed by atoms with Crippen LogP contribution in [-0.4, -0.2) is 18.3 Å². The Morgan fingerprint density at radius 1 is 0.123 bits per heavy atom. The van der Waals surface area contributed by atoms with E-state index >= 15 is 0 Å². The Morgan fingerprint density at radius 2 is 0.474 bits per heavy atom. The Hall–Kier alpha value is -15.1. The molecule has 4 nitrogen and oxygen atoms in total. The maximum atomic E-state index is 2.43. The second-order valence-electron chi connectivity index (χ2n) is 30.6. The van der Waals surface area contributed by atoms with Gasteiger partial charge in [0.2, 0.25) is 0 Å². The van der Waals surface area contributed by atoms with Gasteiger partial charge in [-0.15, -0.1) is 0 Å². The summed E-state index contributed by atoms with van der Waals surface area (Å²) >= 11 is 0. The van der Waals surface area contributed by atoms with Crippen molar-refractivity contribution in [3.63, 3.8) is 0 Å². The van der Waals surface area contributed by atoms with E-state index in [4.69, 9.17) is 0 Å². The van der Waals surface area contributed by atoms with Crippen LogP contribution in [0.2, 0.25) is 0 Å². The molecular formula is C110H68N4. The molecule has 0 saturated carbocycles. The zero-order valence-corrected chi connectivity index (χ0v) is 62.0. The Kier molecular flexibility index (Phi) is 14.1. The van der Waals surface area contributed by atoms with Crippen molar-refractivity contribution in [1.82, 2.24) is 18.3 Å². The minimum atomic E-state index is 1.15. The number of rotatable bonds is 8. The lowest BCUT2D eigenvalue weighted by atomic mass is 9.88. The second-order valence-corrected chi connectivity index (χ2v) is 30.6. The molecule has 0 fully saturated rings. The highest BCUT2D eigenvalue weighted by atomic mass is 15.0. The van der Waals surface area contributed by atoms with E-state index in [-0.39, 0.29) is 0 Å². The number of hydrogen-bond donors (Lipinski definition) is 0. The van der Waals surface area contributed by atoms with Crippen LogP contribution in [0.5, 0.6) is 0 Å². The maximum Gasteiger partial charge on any atom is 0.0547 e. The van der Waals surface area contributed by atoms with Crippen molar-refractivity contribution in [2.75, 3.05) is 0 Å². The molecule has 0 radical (unpaired) electrons. The topological polar surface area (TPSA) is 19.7 Å². The summed E-state index contributed by atoms with van der Waals surface area (Å²) in [5.41, 5.74) is 29.4. The first kappa shape index (κ1) is 63.8. The molecule has 4 heterocycles. The van der Waals surface area contributed by atoms with Gasteiger partial charge in [-0.05, 0) is 236 Å². The number of aromatic nitrogens is 4. The van der Waals surface area contributed by atoms with E-state index in [2.05, 4.69) is 431 Å². The van der Waals surface area contributed by atoms with E-state index in [1.54, 1.807) is 0 Å². The predicted octanol–water partition coefficient (Wildman–Crippen LogP) is 29.8. The van der Waals surface area contributed by atoms with Gasteiger partial charge in [0.1, 0.15) is 0 Å². The average molecular weight is 1450 g/mol. The summed E-state index contributed by atoms with van der Waals surface area (Å²) in [6, 6.07) is 152. The molecule has 1 aliphatic rings. The quantitative estimate of drug-likeness (QED) is 0.135. The van der Waals surface area contributed by atoms with Crippen molar-refractivity contribution < 1.29 is 0 Å². The van der Waals surface area contributed by atoms with Gasteiger partial charge in [0.15, 0.2) is 0 Å². The van der Waals surface area contributed by atoms with Gasteiger partial charge in [0.25, 0.3) is 0 Å². The number of benzene rings is 20. The lowest BCUT2D eigenvalue weighted by molar-refractivity contribution is 1.18. The summed E-state index contributed by atoms with van der Waals surface area (Å²) in [6.45, 7) is 0. The zero-order valence-electron chi connectivity index (χ0n) is 62.0. The zero-order chi connectivity index (χ0) is 74.6. The molecule has 0 saturated heterocycles. The molecule has 0 N–H and O–H groups in total. The van der Waals surface area contributed by atoms with Crippen molar-refractivity contribution in [2.45, 2.75) is 0 Å². The molecule has 0 aliphatic heterocycles. The lowest BCUT2D eigenvalue weighted by Gasteiger charge is -2.16. The van der Waals surface area contributed by atoms with Crippen LogP contribution in [0.25, 0.3) is 231 Å². The van der Waals surface area contributed by atoms with Crippen LogP contribution >= 0.6 is 0 Å². The fraction of sp³-hybridized carbons (Fsp3) is 0. The maximum absolute atomic E-state index is 2.43. The Morgan fingerprint density at radius 3 is 1.04 bits per heavy atom. The smallest absolute Gasteiger partial charge is 0.0547 e. The Labute approximate surface area is 657 Å². The fourth-order valence-corrected chi connectivity index (χ4v) is 19.5. The average Bonchev–Trinajstić information content (AvgIpc) is 1.32. The summed E-state index contributed by atoms with van der Waals surface area (Å²) in [4.78, 5) is 0. The molecule has 4 aromatic heterocycles. The van der Waals surface area contributed by atoms with E-state index in [1.165, 1.54) is 219 Å². The summed E-state index contributed by atoms with van der Waals surface area (Å²) in [5.74, 6) is 0. The van der Waals surface area contributed by atoms with Crippen LogP contribution in [0, 0.1) is 0 Å². The van der Waals surface area contributed by atoms with Crippen LogP contribution in [0.3, 0.4) is 0 Å². The van der Waals surface area contributed by atoms with E-state index in [1.807, 2.05) is 0 Å². The van der Waals surface area contributed by atoms with E-state index < -0.39 is 0 Å². The first-order valence-corrected chi connectivity index (χ1v) is 39.4. The molecule has 24 aromatic rings. The summed E-state index contributed by atoms with van der Waals surface area (Å²) < 4.78 is 9.65. The molecule has 20 aromatic carbocycles. The molecule has 0 unspecified atom stereocenters. The third-order valence-corrected chi connectivity index (χ3v) is 24.5. The Bertz CT molecular complexity index is 8120. The minimum Gasteiger partial charge on any atom is -0.309 e. The molecule has 0 atom stereocenters. The van der Waals surface area contributed by atoms with Crippen molar-refractivity contribution in [3.05, 3.63) is 413 Å². The summed E-state index contributed by atoms with van der Waals surface area (Å²) in [5, 5.41) is 23.0. The van der Waals surface area contributed by atoms with Crippen molar-refractivity contribution >= 4 is 141 Å². The molecule has 0 amide bonds. The van der Waals surface area contributed by atoms with Gasteiger partial charge in [-0.1, -0.05) is 297 Å². The molecule has 4 heteroatoms. The number of fused-ring (bicyclic) bond motifs is 22. The number of nitrogens with zero attached hydrogens (tertiary/aromatic N) is 4. The molecule has 528 valence electrons. The lowest BCUT2D eigenvalue weighted by Crippen LogP contribution is -1.95. The molecule has 1 aliphatic carbocycles. The predicted molar refractivity (Wildman–Crippen MR) is 484 cm³/mol. The van der Waals surface area contributed by atoms with Gasteiger partial charge >= 0.3 is 0 Å². The third-order valence-electron chi connectivity index (χ3n) is 24.5. The van der Waals surface area contributed by atoms with Gasteiger partial charge in [0.05, 0.1) is 44.1 Å². The molecular weight excluding hydrogens is 1380 g/mol.